The van der Waals surface area contributed by atoms with E-state index in [4.69, 9.17) is 4.74 Å². The average molecular weight is 238 g/mol. The lowest BCUT2D eigenvalue weighted by Crippen LogP contribution is -2.34. The lowest BCUT2D eigenvalue weighted by molar-refractivity contribution is 0.0868. The highest BCUT2D eigenvalue weighted by atomic mass is 16.5. The Labute approximate surface area is 101 Å². The number of carbonyl (C=O) groups excluding carboxylic acids is 1. The quantitative estimate of drug-likeness (QED) is 0.797. The van der Waals surface area contributed by atoms with E-state index < -0.39 is 6.10 Å². The zero-order valence-corrected chi connectivity index (χ0v) is 10.3. The highest BCUT2D eigenvalue weighted by Gasteiger charge is 2.15. The molecule has 0 saturated carbocycles. The van der Waals surface area contributed by atoms with Crippen molar-refractivity contribution in [3.8, 4) is 5.88 Å². The van der Waals surface area contributed by atoms with E-state index in [9.17, 15) is 9.90 Å². The summed E-state index contributed by atoms with van der Waals surface area (Å²) in [4.78, 5) is 15.7. The summed E-state index contributed by atoms with van der Waals surface area (Å²) in [6, 6.07) is 3.29. The summed E-state index contributed by atoms with van der Waals surface area (Å²) < 4.78 is 4.99. The molecule has 1 aromatic heterocycles. The summed E-state index contributed by atoms with van der Waals surface area (Å²) in [5.74, 6) is 0.0878. The number of amides is 1. The Morgan fingerprint density at radius 3 is 2.88 bits per heavy atom. The average Bonchev–Trinajstić information content (AvgIpc) is 2.35. The highest BCUT2D eigenvalue weighted by molar-refractivity contribution is 5.96. The molecule has 2 N–H and O–H groups in total. The number of hydrogen-bond acceptors (Lipinski definition) is 4. The van der Waals surface area contributed by atoms with Crippen molar-refractivity contribution in [2.75, 3.05) is 13.7 Å². The van der Waals surface area contributed by atoms with Crippen molar-refractivity contribution in [1.82, 2.24) is 10.3 Å². The van der Waals surface area contributed by atoms with Crippen molar-refractivity contribution < 1.29 is 14.6 Å². The van der Waals surface area contributed by atoms with Crippen LogP contribution in [0.3, 0.4) is 0 Å². The number of aromatic nitrogens is 1. The van der Waals surface area contributed by atoms with E-state index in [0.29, 0.717) is 5.56 Å². The third-order valence-electron chi connectivity index (χ3n) is 2.45. The molecule has 1 heterocycles. The molecule has 1 unspecified atom stereocenters. The maximum atomic E-state index is 11.8. The first-order chi connectivity index (χ1) is 8.06. The number of nitrogens with one attached hydrogen (secondary N) is 1. The second kappa shape index (κ2) is 6.20. The summed E-state index contributed by atoms with van der Waals surface area (Å²) in [6.07, 6.45) is 1.00. The van der Waals surface area contributed by atoms with Gasteiger partial charge in [0.15, 0.2) is 0 Å². The Morgan fingerprint density at radius 1 is 1.59 bits per heavy atom. The Balaban J connectivity index is 2.64. The van der Waals surface area contributed by atoms with Gasteiger partial charge in [-0.25, -0.2) is 4.98 Å². The normalized spacial score (nSPS) is 12.3. The molecule has 0 spiro atoms. The maximum Gasteiger partial charge on any atom is 0.256 e. The minimum Gasteiger partial charge on any atom is -0.480 e. The monoisotopic (exact) mass is 238 g/mol. The minimum atomic E-state index is -0.554. The first-order valence-corrected chi connectivity index (χ1v) is 5.51. The van der Waals surface area contributed by atoms with E-state index in [1.54, 1.807) is 18.3 Å². The number of methoxy groups -OCH3 is 1. The van der Waals surface area contributed by atoms with Gasteiger partial charge < -0.3 is 15.2 Å². The van der Waals surface area contributed by atoms with Crippen molar-refractivity contribution >= 4 is 5.91 Å². The molecule has 0 aliphatic carbocycles. The van der Waals surface area contributed by atoms with Gasteiger partial charge in [0, 0.05) is 12.7 Å². The van der Waals surface area contributed by atoms with E-state index in [2.05, 4.69) is 10.3 Å². The number of ether oxygens (including phenoxy) is 1. The SMILES string of the molecule is COc1ncccc1C(=O)NCC(O)C(C)C. The van der Waals surface area contributed by atoms with Crippen LogP contribution < -0.4 is 10.1 Å². The molecular weight excluding hydrogens is 220 g/mol. The van der Waals surface area contributed by atoms with Gasteiger partial charge in [-0.05, 0) is 18.1 Å². The Morgan fingerprint density at radius 2 is 2.29 bits per heavy atom. The van der Waals surface area contributed by atoms with Crippen LogP contribution in [0.15, 0.2) is 18.3 Å². The molecule has 1 amide bonds. The van der Waals surface area contributed by atoms with E-state index >= 15 is 0 Å². The summed E-state index contributed by atoms with van der Waals surface area (Å²) >= 11 is 0. The largest absolute Gasteiger partial charge is 0.480 e. The molecular formula is C12H18N2O3. The van der Waals surface area contributed by atoms with Gasteiger partial charge in [0.2, 0.25) is 5.88 Å². The number of carbonyl (C=O) groups is 1. The van der Waals surface area contributed by atoms with Gasteiger partial charge in [0.1, 0.15) is 5.56 Å². The van der Waals surface area contributed by atoms with E-state index in [0.717, 1.165) is 0 Å². The molecule has 0 bridgehead atoms. The molecule has 0 aliphatic rings. The Bertz CT molecular complexity index is 380. The van der Waals surface area contributed by atoms with E-state index in [1.165, 1.54) is 7.11 Å². The van der Waals surface area contributed by atoms with Gasteiger partial charge in [0.25, 0.3) is 5.91 Å². The van der Waals surface area contributed by atoms with Crippen LogP contribution in [0, 0.1) is 5.92 Å². The van der Waals surface area contributed by atoms with E-state index in [1.807, 2.05) is 13.8 Å². The number of aliphatic hydroxyl groups excluding tert-OH is 1. The molecule has 0 aromatic carbocycles. The van der Waals surface area contributed by atoms with E-state index in [-0.39, 0.29) is 24.2 Å². The van der Waals surface area contributed by atoms with Crippen LogP contribution in [-0.4, -0.2) is 35.8 Å². The zero-order valence-electron chi connectivity index (χ0n) is 10.3. The molecule has 1 atom stereocenters. The van der Waals surface area contributed by atoms with Crippen molar-refractivity contribution in [3.05, 3.63) is 23.9 Å². The summed E-state index contributed by atoms with van der Waals surface area (Å²) in [5.41, 5.74) is 0.367. The second-order valence-electron chi connectivity index (χ2n) is 4.08. The molecule has 0 aliphatic heterocycles. The predicted molar refractivity (Wildman–Crippen MR) is 64.0 cm³/mol. The third-order valence-corrected chi connectivity index (χ3v) is 2.45. The Kier molecular flexibility index (Phi) is 4.90. The van der Waals surface area contributed by atoms with Crippen LogP contribution in [0.2, 0.25) is 0 Å². The smallest absolute Gasteiger partial charge is 0.256 e. The summed E-state index contributed by atoms with van der Waals surface area (Å²) in [7, 11) is 1.46. The van der Waals surface area contributed by atoms with Crippen molar-refractivity contribution in [2.24, 2.45) is 5.92 Å². The van der Waals surface area contributed by atoms with Gasteiger partial charge in [0.05, 0.1) is 13.2 Å². The van der Waals surface area contributed by atoms with Crippen LogP contribution >= 0.6 is 0 Å². The third kappa shape index (κ3) is 3.71. The lowest BCUT2D eigenvalue weighted by atomic mass is 10.1. The Hall–Kier alpha value is -1.62. The molecule has 94 valence electrons. The molecule has 0 fully saturated rings. The molecule has 5 heteroatoms. The van der Waals surface area contributed by atoms with Crippen LogP contribution in [0.5, 0.6) is 5.88 Å². The fourth-order valence-electron chi connectivity index (χ4n) is 1.25. The second-order valence-corrected chi connectivity index (χ2v) is 4.08. The minimum absolute atomic E-state index is 0.103. The van der Waals surface area contributed by atoms with Crippen LogP contribution in [0.1, 0.15) is 24.2 Å². The molecule has 1 rings (SSSR count). The number of hydrogen-bond donors (Lipinski definition) is 2. The molecule has 5 nitrogen and oxygen atoms in total. The van der Waals surface area contributed by atoms with Crippen molar-refractivity contribution in [1.29, 1.82) is 0 Å². The maximum absolute atomic E-state index is 11.8. The fourth-order valence-corrected chi connectivity index (χ4v) is 1.25. The molecule has 1 aromatic rings. The van der Waals surface area contributed by atoms with Gasteiger partial charge in [-0.3, -0.25) is 4.79 Å². The van der Waals surface area contributed by atoms with Gasteiger partial charge >= 0.3 is 0 Å². The van der Waals surface area contributed by atoms with Gasteiger partial charge in [-0.1, -0.05) is 13.8 Å². The van der Waals surface area contributed by atoms with Crippen molar-refractivity contribution in [3.63, 3.8) is 0 Å². The molecule has 0 radical (unpaired) electrons. The number of rotatable bonds is 5. The summed E-state index contributed by atoms with van der Waals surface area (Å²) in [6.45, 7) is 4.00. The number of pyridine rings is 1. The first kappa shape index (κ1) is 13.4. The standard InChI is InChI=1S/C12H18N2O3/c1-8(2)10(15)7-14-11(16)9-5-4-6-13-12(9)17-3/h4-6,8,10,15H,7H2,1-3H3,(H,14,16). The van der Waals surface area contributed by atoms with Crippen LogP contribution in [0.4, 0.5) is 0 Å². The van der Waals surface area contributed by atoms with Gasteiger partial charge in [-0.2, -0.15) is 0 Å². The van der Waals surface area contributed by atoms with Crippen molar-refractivity contribution in [2.45, 2.75) is 20.0 Å². The van der Waals surface area contributed by atoms with Crippen LogP contribution in [-0.2, 0) is 0 Å². The summed E-state index contributed by atoms with van der Waals surface area (Å²) in [5, 5.41) is 12.2. The first-order valence-electron chi connectivity index (χ1n) is 5.51. The zero-order chi connectivity index (χ0) is 12.8. The highest BCUT2D eigenvalue weighted by Crippen LogP contribution is 2.13. The predicted octanol–water partition coefficient (Wildman–Crippen LogP) is 0.837. The lowest BCUT2D eigenvalue weighted by Gasteiger charge is -2.15. The fraction of sp³-hybridized carbons (Fsp3) is 0.500. The van der Waals surface area contributed by atoms with Gasteiger partial charge in [-0.15, -0.1) is 0 Å². The number of nitrogens with zero attached hydrogens (tertiary/aromatic N) is 1. The topological polar surface area (TPSA) is 71.5 Å². The molecule has 0 saturated heterocycles. The van der Waals surface area contributed by atoms with Crippen LogP contribution in [0.25, 0.3) is 0 Å². The molecule has 17 heavy (non-hydrogen) atoms. The number of aliphatic hydroxyl groups is 1.